The van der Waals surface area contributed by atoms with Crippen LogP contribution in [0.2, 0.25) is 0 Å². The summed E-state index contributed by atoms with van der Waals surface area (Å²) in [4.78, 5) is 17.8. The molecule has 3 heterocycles. The summed E-state index contributed by atoms with van der Waals surface area (Å²) >= 11 is 1.64. The first-order chi connectivity index (χ1) is 14.7. The third-order valence-electron chi connectivity index (χ3n) is 4.97. The van der Waals surface area contributed by atoms with Gasteiger partial charge in [-0.15, -0.1) is 21.5 Å². The standard InChI is InChI=1S/C21H23N5O3S/c1-28-16-5-3-6-17(29-2)20(16)22-21(27)26-12-10-25(11-13-26)19-9-8-15(23-24-19)18-7-4-14-30-18/h3-9,14H,10-13H2,1-2H3,(H,22,27). The topological polar surface area (TPSA) is 79.8 Å². The molecule has 0 spiro atoms. The zero-order valence-electron chi connectivity index (χ0n) is 16.9. The van der Waals surface area contributed by atoms with Crippen LogP contribution >= 0.6 is 11.3 Å². The Kier molecular flexibility index (Phi) is 5.99. The Morgan fingerprint density at radius 2 is 1.70 bits per heavy atom. The molecule has 0 atom stereocenters. The first-order valence-corrected chi connectivity index (χ1v) is 10.5. The number of hydrogen-bond acceptors (Lipinski definition) is 7. The summed E-state index contributed by atoms with van der Waals surface area (Å²) in [5, 5.41) is 13.7. The molecule has 2 aromatic heterocycles. The fraction of sp³-hybridized carbons (Fsp3) is 0.286. The molecule has 0 saturated carbocycles. The van der Waals surface area contributed by atoms with Gasteiger partial charge in [-0.1, -0.05) is 12.1 Å². The lowest BCUT2D eigenvalue weighted by atomic mass is 10.2. The van der Waals surface area contributed by atoms with Crippen LogP contribution in [0.25, 0.3) is 10.6 Å². The maximum absolute atomic E-state index is 12.8. The summed E-state index contributed by atoms with van der Waals surface area (Å²) in [6, 6.07) is 13.2. The Bertz CT molecular complexity index is 964. The lowest BCUT2D eigenvalue weighted by Gasteiger charge is -2.35. The first-order valence-electron chi connectivity index (χ1n) is 9.59. The lowest BCUT2D eigenvalue weighted by Crippen LogP contribution is -2.50. The number of ether oxygens (including phenoxy) is 2. The summed E-state index contributed by atoms with van der Waals surface area (Å²) in [5.74, 6) is 1.94. The lowest BCUT2D eigenvalue weighted by molar-refractivity contribution is 0.207. The number of urea groups is 1. The number of carbonyl (C=O) groups is 1. The average Bonchev–Trinajstić information content (AvgIpc) is 3.34. The number of aromatic nitrogens is 2. The highest BCUT2D eigenvalue weighted by Crippen LogP contribution is 2.34. The van der Waals surface area contributed by atoms with Gasteiger partial charge in [0.2, 0.25) is 0 Å². The van der Waals surface area contributed by atoms with E-state index in [2.05, 4.69) is 20.4 Å². The second-order valence-electron chi connectivity index (χ2n) is 6.70. The molecule has 8 nitrogen and oxygen atoms in total. The quantitative estimate of drug-likeness (QED) is 0.673. The van der Waals surface area contributed by atoms with E-state index in [9.17, 15) is 4.79 Å². The molecule has 0 unspecified atom stereocenters. The summed E-state index contributed by atoms with van der Waals surface area (Å²) < 4.78 is 10.7. The molecular weight excluding hydrogens is 402 g/mol. The van der Waals surface area contributed by atoms with Crippen LogP contribution in [-0.4, -0.2) is 61.5 Å². The van der Waals surface area contributed by atoms with Gasteiger partial charge in [0.1, 0.15) is 22.9 Å². The van der Waals surface area contributed by atoms with E-state index in [1.54, 1.807) is 42.6 Å². The van der Waals surface area contributed by atoms with Gasteiger partial charge in [-0.25, -0.2) is 4.79 Å². The Morgan fingerprint density at radius 3 is 2.27 bits per heavy atom. The van der Waals surface area contributed by atoms with Crippen LogP contribution in [0.4, 0.5) is 16.3 Å². The van der Waals surface area contributed by atoms with Gasteiger partial charge in [0.25, 0.3) is 0 Å². The summed E-state index contributed by atoms with van der Waals surface area (Å²) in [6.45, 7) is 2.53. The fourth-order valence-electron chi connectivity index (χ4n) is 3.35. The van der Waals surface area contributed by atoms with Crippen molar-refractivity contribution in [2.45, 2.75) is 0 Å². The molecule has 30 heavy (non-hydrogen) atoms. The summed E-state index contributed by atoms with van der Waals surface area (Å²) in [5.41, 5.74) is 1.41. The summed E-state index contributed by atoms with van der Waals surface area (Å²) in [7, 11) is 3.13. The van der Waals surface area contributed by atoms with E-state index < -0.39 is 0 Å². The van der Waals surface area contributed by atoms with Gasteiger partial charge in [-0.2, -0.15) is 0 Å². The van der Waals surface area contributed by atoms with Gasteiger partial charge < -0.3 is 24.6 Å². The smallest absolute Gasteiger partial charge is 0.322 e. The van der Waals surface area contributed by atoms with E-state index in [0.717, 1.165) is 16.4 Å². The molecule has 0 radical (unpaired) electrons. The number of anilines is 2. The molecule has 0 aliphatic carbocycles. The van der Waals surface area contributed by atoms with Gasteiger partial charge in [0.05, 0.1) is 19.1 Å². The van der Waals surface area contributed by atoms with Crippen molar-refractivity contribution < 1.29 is 14.3 Å². The number of nitrogens with one attached hydrogen (secondary N) is 1. The Hall–Kier alpha value is -3.33. The molecule has 1 aromatic carbocycles. The van der Waals surface area contributed by atoms with Gasteiger partial charge in [0.15, 0.2) is 5.82 Å². The minimum Gasteiger partial charge on any atom is -0.494 e. The molecule has 4 rings (SSSR count). The zero-order valence-corrected chi connectivity index (χ0v) is 17.7. The van der Waals surface area contributed by atoms with Crippen molar-refractivity contribution in [3.8, 4) is 22.1 Å². The highest BCUT2D eigenvalue weighted by Gasteiger charge is 2.24. The number of piperazine rings is 1. The average molecular weight is 426 g/mol. The van der Waals surface area contributed by atoms with Crippen LogP contribution in [0.1, 0.15) is 0 Å². The van der Waals surface area contributed by atoms with Crippen molar-refractivity contribution >= 4 is 28.9 Å². The molecule has 1 aliphatic rings. The molecule has 1 fully saturated rings. The van der Waals surface area contributed by atoms with E-state index in [-0.39, 0.29) is 6.03 Å². The molecule has 9 heteroatoms. The van der Waals surface area contributed by atoms with Crippen molar-refractivity contribution in [2.24, 2.45) is 0 Å². The minimum atomic E-state index is -0.184. The number of carbonyl (C=O) groups excluding carboxylic acids is 1. The Labute approximate surface area is 179 Å². The van der Waals surface area contributed by atoms with Gasteiger partial charge in [-0.3, -0.25) is 0 Å². The normalized spacial score (nSPS) is 13.8. The van der Waals surface area contributed by atoms with Crippen LogP contribution in [0.15, 0.2) is 47.8 Å². The molecule has 1 N–H and O–H groups in total. The molecule has 1 aliphatic heterocycles. The van der Waals surface area contributed by atoms with Crippen LogP contribution in [0.3, 0.4) is 0 Å². The second-order valence-corrected chi connectivity index (χ2v) is 7.64. The zero-order chi connectivity index (χ0) is 20.9. The fourth-order valence-corrected chi connectivity index (χ4v) is 4.04. The van der Waals surface area contributed by atoms with Gasteiger partial charge in [-0.05, 0) is 35.7 Å². The minimum absolute atomic E-state index is 0.184. The molecule has 2 amide bonds. The molecule has 1 saturated heterocycles. The Balaban J connectivity index is 1.37. The van der Waals surface area contributed by atoms with Gasteiger partial charge in [0, 0.05) is 26.2 Å². The number of nitrogens with zero attached hydrogens (tertiary/aromatic N) is 4. The van der Waals surface area contributed by atoms with Crippen molar-refractivity contribution in [3.63, 3.8) is 0 Å². The Morgan fingerprint density at radius 1 is 0.967 bits per heavy atom. The highest BCUT2D eigenvalue weighted by atomic mass is 32.1. The first kappa shape index (κ1) is 20.0. The monoisotopic (exact) mass is 425 g/mol. The predicted octanol–water partition coefficient (Wildman–Crippen LogP) is 3.58. The van der Waals surface area contributed by atoms with Gasteiger partial charge >= 0.3 is 6.03 Å². The van der Waals surface area contributed by atoms with E-state index in [4.69, 9.17) is 9.47 Å². The predicted molar refractivity (Wildman–Crippen MR) is 118 cm³/mol. The number of methoxy groups -OCH3 is 2. The molecule has 156 valence electrons. The van der Waals surface area contributed by atoms with Crippen molar-refractivity contribution in [2.75, 3.05) is 50.6 Å². The molecule has 0 bridgehead atoms. The number of rotatable bonds is 5. The van der Waals surface area contributed by atoms with E-state index in [0.29, 0.717) is 43.4 Å². The van der Waals surface area contributed by atoms with E-state index in [1.807, 2.05) is 35.7 Å². The second kappa shape index (κ2) is 9.00. The third kappa shape index (κ3) is 4.16. The van der Waals surface area contributed by atoms with Crippen molar-refractivity contribution in [3.05, 3.63) is 47.8 Å². The maximum Gasteiger partial charge on any atom is 0.322 e. The van der Waals surface area contributed by atoms with Crippen molar-refractivity contribution in [1.82, 2.24) is 15.1 Å². The number of para-hydroxylation sites is 1. The molecule has 3 aromatic rings. The van der Waals surface area contributed by atoms with Crippen LogP contribution in [-0.2, 0) is 0 Å². The SMILES string of the molecule is COc1cccc(OC)c1NC(=O)N1CCN(c2ccc(-c3cccs3)nn2)CC1. The van der Waals surface area contributed by atoms with Crippen LogP contribution in [0.5, 0.6) is 11.5 Å². The number of amides is 2. The maximum atomic E-state index is 12.8. The number of benzene rings is 1. The third-order valence-corrected chi connectivity index (χ3v) is 5.87. The summed E-state index contributed by atoms with van der Waals surface area (Å²) in [6.07, 6.45) is 0. The van der Waals surface area contributed by atoms with E-state index >= 15 is 0 Å². The van der Waals surface area contributed by atoms with E-state index in [1.165, 1.54) is 0 Å². The number of hydrogen-bond donors (Lipinski definition) is 1. The van der Waals surface area contributed by atoms with Crippen LogP contribution in [0, 0.1) is 0 Å². The largest absolute Gasteiger partial charge is 0.494 e. The molecular formula is C21H23N5O3S. The van der Waals surface area contributed by atoms with Crippen LogP contribution < -0.4 is 19.7 Å². The number of thiophene rings is 1. The highest BCUT2D eigenvalue weighted by molar-refractivity contribution is 7.13. The van der Waals surface area contributed by atoms with Crippen molar-refractivity contribution in [1.29, 1.82) is 0 Å².